The van der Waals surface area contributed by atoms with Crippen LogP contribution in [-0.2, 0) is 28.9 Å². The number of hydroxylamine groups is 2. The molecule has 0 aliphatic carbocycles. The van der Waals surface area contributed by atoms with Crippen LogP contribution < -0.4 is 0 Å². The number of hydrogen-bond acceptors (Lipinski definition) is 5. The molecule has 38 heavy (non-hydrogen) atoms. The summed E-state index contributed by atoms with van der Waals surface area (Å²) in [5.74, 6) is 0. The molecular formula is C32H40N2O4. The molecule has 6 nitrogen and oxygen atoms in total. The number of hydrogen-bond donors (Lipinski definition) is 1. The van der Waals surface area contributed by atoms with E-state index in [2.05, 4.69) is 24.3 Å². The van der Waals surface area contributed by atoms with Crippen molar-refractivity contribution in [1.82, 2.24) is 9.96 Å². The maximum Gasteiger partial charge on any atom is 0.412 e. The topological polar surface area (TPSA) is 62.2 Å². The lowest BCUT2D eigenvalue weighted by atomic mass is 9.91. The number of benzene rings is 3. The highest BCUT2D eigenvalue weighted by Crippen LogP contribution is 2.38. The second-order valence-corrected chi connectivity index (χ2v) is 11.5. The van der Waals surface area contributed by atoms with Crippen molar-refractivity contribution >= 4 is 6.09 Å². The number of carbonyl (C=O) groups is 1. The van der Waals surface area contributed by atoms with Crippen LogP contribution in [0.2, 0.25) is 0 Å². The minimum absolute atomic E-state index is 0.336. The largest absolute Gasteiger partial charge is 0.444 e. The number of amides is 1. The van der Waals surface area contributed by atoms with Crippen LogP contribution in [0.1, 0.15) is 51.3 Å². The summed E-state index contributed by atoms with van der Waals surface area (Å²) in [5.41, 5.74) is 1.58. The molecule has 1 N–H and O–H groups in total. The zero-order valence-electron chi connectivity index (χ0n) is 23.1. The highest BCUT2D eigenvalue weighted by Gasteiger charge is 2.54. The van der Waals surface area contributed by atoms with Crippen molar-refractivity contribution in [3.05, 3.63) is 108 Å². The predicted molar refractivity (Wildman–Crippen MR) is 149 cm³/mol. The highest BCUT2D eigenvalue weighted by atomic mass is 16.6. The van der Waals surface area contributed by atoms with Gasteiger partial charge < -0.3 is 14.7 Å². The van der Waals surface area contributed by atoms with Gasteiger partial charge in [-0.15, -0.1) is 0 Å². The zero-order chi connectivity index (χ0) is 27.3. The lowest BCUT2D eigenvalue weighted by molar-refractivity contribution is -0.179. The Bertz CT molecular complexity index is 1160. The van der Waals surface area contributed by atoms with Crippen molar-refractivity contribution in [2.24, 2.45) is 0 Å². The first-order chi connectivity index (χ1) is 18.0. The summed E-state index contributed by atoms with van der Waals surface area (Å²) in [6.45, 7) is 9.73. The van der Waals surface area contributed by atoms with Crippen molar-refractivity contribution in [3.63, 3.8) is 0 Å². The normalized spacial score (nSPS) is 19.9. The Balaban J connectivity index is 1.73. The second kappa shape index (κ2) is 11.7. The molecule has 0 bridgehead atoms. The maximum atomic E-state index is 13.6. The molecule has 0 aromatic heterocycles. The standard InChI is InChI=1S/C32H40N2O4/c1-31(2,3)38-30(35)34-28(22-25-17-11-7-12-18-25)29(37-32(34,4)5)27(21-24-15-9-6-10-16-24)33(36)23-26-19-13-8-14-20-26/h6-20,27-29,36H,21-23H2,1-5H3/t27-,28-,29-/m0/s1. The molecule has 1 saturated heterocycles. The minimum atomic E-state index is -0.936. The van der Waals surface area contributed by atoms with E-state index >= 15 is 0 Å². The fourth-order valence-electron chi connectivity index (χ4n) is 5.21. The smallest absolute Gasteiger partial charge is 0.412 e. The van der Waals surface area contributed by atoms with E-state index < -0.39 is 29.6 Å². The maximum absolute atomic E-state index is 13.6. The van der Waals surface area contributed by atoms with E-state index in [0.717, 1.165) is 16.7 Å². The first kappa shape index (κ1) is 27.8. The predicted octanol–water partition coefficient (Wildman–Crippen LogP) is 6.47. The Morgan fingerprint density at radius 1 is 0.921 bits per heavy atom. The number of ether oxygens (including phenoxy) is 2. The van der Waals surface area contributed by atoms with Crippen LogP contribution in [-0.4, -0.2) is 50.8 Å². The highest BCUT2D eigenvalue weighted by molar-refractivity contribution is 5.70. The molecule has 1 heterocycles. The molecule has 0 radical (unpaired) electrons. The van der Waals surface area contributed by atoms with Crippen LogP contribution in [0.25, 0.3) is 0 Å². The Morgan fingerprint density at radius 3 is 1.95 bits per heavy atom. The van der Waals surface area contributed by atoms with Gasteiger partial charge in [-0.05, 0) is 64.2 Å². The second-order valence-electron chi connectivity index (χ2n) is 11.5. The lowest BCUT2D eigenvalue weighted by Crippen LogP contribution is -2.53. The third-order valence-corrected chi connectivity index (χ3v) is 6.83. The van der Waals surface area contributed by atoms with Crippen LogP contribution in [0.5, 0.6) is 0 Å². The summed E-state index contributed by atoms with van der Waals surface area (Å²) in [6, 6.07) is 29.3. The third-order valence-electron chi connectivity index (χ3n) is 6.83. The number of rotatable bonds is 8. The van der Waals surface area contributed by atoms with Gasteiger partial charge in [0.05, 0.1) is 18.2 Å². The summed E-state index contributed by atoms with van der Waals surface area (Å²) in [5, 5.41) is 12.9. The quantitative estimate of drug-likeness (QED) is 0.348. The first-order valence-electron chi connectivity index (χ1n) is 13.3. The summed E-state index contributed by atoms with van der Waals surface area (Å²) in [4.78, 5) is 15.3. The van der Waals surface area contributed by atoms with Gasteiger partial charge >= 0.3 is 6.09 Å². The first-order valence-corrected chi connectivity index (χ1v) is 13.3. The van der Waals surface area contributed by atoms with Crippen LogP contribution in [0.3, 0.4) is 0 Å². The van der Waals surface area contributed by atoms with Gasteiger partial charge in [-0.3, -0.25) is 4.90 Å². The average Bonchev–Trinajstić information content (AvgIpc) is 3.13. The molecule has 3 aromatic rings. The number of nitrogens with zero attached hydrogens (tertiary/aromatic N) is 2. The molecular weight excluding hydrogens is 476 g/mol. The molecule has 1 aliphatic heterocycles. The molecule has 202 valence electrons. The van der Waals surface area contributed by atoms with Crippen molar-refractivity contribution in [2.75, 3.05) is 0 Å². The van der Waals surface area contributed by atoms with Gasteiger partial charge in [0, 0.05) is 6.54 Å². The van der Waals surface area contributed by atoms with Gasteiger partial charge in [0.25, 0.3) is 0 Å². The molecule has 6 heteroatoms. The summed E-state index contributed by atoms with van der Waals surface area (Å²) in [7, 11) is 0. The van der Waals surface area contributed by atoms with Crippen molar-refractivity contribution in [1.29, 1.82) is 0 Å². The van der Waals surface area contributed by atoms with E-state index in [1.54, 1.807) is 4.90 Å². The SMILES string of the molecule is CC(C)(C)OC(=O)N1[C@@H](Cc2ccccc2)[C@H]([C@H](Cc2ccccc2)N(O)Cc2ccccc2)OC1(C)C. The van der Waals surface area contributed by atoms with Gasteiger partial charge in [0.15, 0.2) is 0 Å². The summed E-state index contributed by atoms with van der Waals surface area (Å²) < 4.78 is 12.6. The Morgan fingerprint density at radius 2 is 1.42 bits per heavy atom. The van der Waals surface area contributed by atoms with Crippen LogP contribution in [0.4, 0.5) is 4.79 Å². The van der Waals surface area contributed by atoms with E-state index in [1.807, 2.05) is 101 Å². The van der Waals surface area contributed by atoms with Crippen molar-refractivity contribution < 1.29 is 19.5 Å². The van der Waals surface area contributed by atoms with Gasteiger partial charge in [0.2, 0.25) is 0 Å². The summed E-state index contributed by atoms with van der Waals surface area (Å²) in [6.07, 6.45) is 0.223. The van der Waals surface area contributed by atoms with E-state index in [0.29, 0.717) is 19.4 Å². The van der Waals surface area contributed by atoms with Gasteiger partial charge in [0.1, 0.15) is 11.3 Å². The van der Waals surface area contributed by atoms with E-state index in [-0.39, 0.29) is 6.04 Å². The lowest BCUT2D eigenvalue weighted by Gasteiger charge is -2.36. The van der Waals surface area contributed by atoms with E-state index in [1.165, 1.54) is 5.06 Å². The number of carbonyl (C=O) groups excluding carboxylic acids is 1. The monoisotopic (exact) mass is 516 g/mol. The molecule has 3 aromatic carbocycles. The molecule has 4 rings (SSSR count). The van der Waals surface area contributed by atoms with Gasteiger partial charge in [-0.1, -0.05) is 91.0 Å². The zero-order valence-corrected chi connectivity index (χ0v) is 23.1. The molecule has 1 aliphatic rings. The van der Waals surface area contributed by atoms with Gasteiger partial charge in [-0.25, -0.2) is 4.79 Å². The molecule has 1 amide bonds. The Hall–Kier alpha value is -3.19. The molecule has 0 unspecified atom stereocenters. The third kappa shape index (κ3) is 7.01. The average molecular weight is 517 g/mol. The van der Waals surface area contributed by atoms with Gasteiger partial charge in [-0.2, -0.15) is 5.06 Å². The molecule has 0 saturated carbocycles. The van der Waals surface area contributed by atoms with E-state index in [9.17, 15) is 10.0 Å². The summed E-state index contributed by atoms with van der Waals surface area (Å²) >= 11 is 0. The molecule has 1 fully saturated rings. The molecule has 0 spiro atoms. The van der Waals surface area contributed by atoms with Crippen molar-refractivity contribution in [2.45, 2.75) is 83.5 Å². The fourth-order valence-corrected chi connectivity index (χ4v) is 5.21. The van der Waals surface area contributed by atoms with Crippen molar-refractivity contribution in [3.8, 4) is 0 Å². The minimum Gasteiger partial charge on any atom is -0.444 e. The molecule has 3 atom stereocenters. The fraction of sp³-hybridized carbons (Fsp3) is 0.406. The van der Waals surface area contributed by atoms with E-state index in [4.69, 9.17) is 9.47 Å². The Kier molecular flexibility index (Phi) is 8.56. The van der Waals surface area contributed by atoms with Crippen LogP contribution in [0, 0.1) is 0 Å². The van der Waals surface area contributed by atoms with Crippen LogP contribution >= 0.6 is 0 Å². The van der Waals surface area contributed by atoms with Crippen LogP contribution in [0.15, 0.2) is 91.0 Å². The Labute approximate surface area is 226 Å².